The molecule has 0 aliphatic heterocycles. The Morgan fingerprint density at radius 3 is 1.81 bits per heavy atom. The standard InChI is InChI=1S/C7H6N2.C6H7N/c1-9-7-4-2-3-6(8)5-7;7-6-4-2-1-3-5-6/h2-5H,8H2;1-5H,7H2. The molecule has 80 valence electrons. The zero-order valence-corrected chi connectivity index (χ0v) is 8.80. The predicted molar refractivity (Wildman–Crippen MR) is 68.0 cm³/mol. The van der Waals surface area contributed by atoms with Crippen molar-refractivity contribution in [3.8, 4) is 0 Å². The maximum Gasteiger partial charge on any atom is 0.189 e. The van der Waals surface area contributed by atoms with Crippen molar-refractivity contribution >= 4 is 17.1 Å². The summed E-state index contributed by atoms with van der Waals surface area (Å²) in [5, 5.41) is 0. The van der Waals surface area contributed by atoms with Crippen molar-refractivity contribution in [2.75, 3.05) is 11.5 Å². The molecule has 2 aromatic rings. The number of hydrogen-bond acceptors (Lipinski definition) is 2. The van der Waals surface area contributed by atoms with Crippen molar-refractivity contribution in [3.63, 3.8) is 0 Å². The van der Waals surface area contributed by atoms with Gasteiger partial charge in [0.1, 0.15) is 0 Å². The fraction of sp³-hybridized carbons (Fsp3) is 0. The van der Waals surface area contributed by atoms with Gasteiger partial charge in [-0.05, 0) is 24.3 Å². The van der Waals surface area contributed by atoms with Crippen LogP contribution < -0.4 is 11.5 Å². The van der Waals surface area contributed by atoms with Gasteiger partial charge in [0.25, 0.3) is 0 Å². The molecule has 0 saturated carbocycles. The molecule has 0 aliphatic carbocycles. The second-order valence-corrected chi connectivity index (χ2v) is 3.12. The smallest absolute Gasteiger partial charge is 0.189 e. The lowest BCUT2D eigenvalue weighted by atomic mass is 10.3. The van der Waals surface area contributed by atoms with E-state index in [1.165, 1.54) is 0 Å². The zero-order chi connectivity index (χ0) is 11.8. The minimum absolute atomic E-state index is 0.593. The second-order valence-electron chi connectivity index (χ2n) is 3.12. The minimum Gasteiger partial charge on any atom is -0.400 e. The number of nitrogens with two attached hydrogens (primary N) is 2. The Balaban J connectivity index is 0.000000165. The van der Waals surface area contributed by atoms with Crippen LogP contribution in [0.4, 0.5) is 17.1 Å². The Morgan fingerprint density at radius 1 is 0.812 bits per heavy atom. The van der Waals surface area contributed by atoms with Crippen molar-refractivity contribution in [3.05, 3.63) is 66.0 Å². The highest BCUT2D eigenvalue weighted by atomic mass is 14.6. The molecule has 2 rings (SSSR count). The molecule has 4 N–H and O–H groups in total. The molecule has 3 heteroatoms. The maximum absolute atomic E-state index is 6.61. The number of rotatable bonds is 0. The molecule has 0 radical (unpaired) electrons. The molecule has 0 bridgehead atoms. The van der Waals surface area contributed by atoms with Crippen LogP contribution in [0.1, 0.15) is 0 Å². The van der Waals surface area contributed by atoms with Gasteiger partial charge in [-0.15, -0.1) is 0 Å². The van der Waals surface area contributed by atoms with E-state index in [2.05, 4.69) is 4.85 Å². The summed E-state index contributed by atoms with van der Waals surface area (Å²) in [6, 6.07) is 16.4. The Bertz CT molecular complexity index is 472. The Hall–Kier alpha value is -2.47. The highest BCUT2D eigenvalue weighted by molar-refractivity contribution is 5.54. The molecule has 0 atom stereocenters. The average Bonchev–Trinajstić information content (AvgIpc) is 2.31. The van der Waals surface area contributed by atoms with Crippen molar-refractivity contribution < 1.29 is 0 Å². The molecule has 0 amide bonds. The Kier molecular flexibility index (Phi) is 4.42. The van der Waals surface area contributed by atoms with Crippen LogP contribution in [-0.4, -0.2) is 0 Å². The molecule has 0 fully saturated rings. The first kappa shape index (κ1) is 11.6. The summed E-state index contributed by atoms with van der Waals surface area (Å²) in [6.07, 6.45) is 0. The van der Waals surface area contributed by atoms with E-state index in [4.69, 9.17) is 18.0 Å². The van der Waals surface area contributed by atoms with Crippen molar-refractivity contribution in [2.24, 2.45) is 0 Å². The van der Waals surface area contributed by atoms with Crippen LogP contribution in [0.3, 0.4) is 0 Å². The number of benzene rings is 2. The van der Waals surface area contributed by atoms with Crippen LogP contribution in [0.25, 0.3) is 4.85 Å². The lowest BCUT2D eigenvalue weighted by Crippen LogP contribution is -1.80. The van der Waals surface area contributed by atoms with Gasteiger partial charge >= 0.3 is 0 Å². The van der Waals surface area contributed by atoms with Gasteiger partial charge in [0.05, 0.1) is 6.57 Å². The normalized spacial score (nSPS) is 8.44. The topological polar surface area (TPSA) is 56.4 Å². The predicted octanol–water partition coefficient (Wildman–Crippen LogP) is 3.09. The minimum atomic E-state index is 0.593. The van der Waals surface area contributed by atoms with Gasteiger partial charge in [0.15, 0.2) is 5.69 Å². The summed E-state index contributed by atoms with van der Waals surface area (Å²) in [5.41, 5.74) is 12.8. The van der Waals surface area contributed by atoms with E-state index in [0.717, 1.165) is 5.69 Å². The van der Waals surface area contributed by atoms with Gasteiger partial charge in [0.2, 0.25) is 0 Å². The monoisotopic (exact) mass is 211 g/mol. The fourth-order valence-corrected chi connectivity index (χ4v) is 1.05. The second kappa shape index (κ2) is 6.10. The SMILES string of the molecule is Nc1ccccc1.[C-]#[N+]c1cccc(N)c1. The van der Waals surface area contributed by atoms with Gasteiger partial charge < -0.3 is 11.5 Å². The van der Waals surface area contributed by atoms with Gasteiger partial charge in [-0.25, -0.2) is 4.85 Å². The number of anilines is 2. The van der Waals surface area contributed by atoms with Crippen LogP contribution in [0, 0.1) is 6.57 Å². The van der Waals surface area contributed by atoms with Crippen molar-refractivity contribution in [2.45, 2.75) is 0 Å². The first-order valence-electron chi connectivity index (χ1n) is 4.76. The lowest BCUT2D eigenvalue weighted by Gasteiger charge is -1.89. The quantitative estimate of drug-likeness (QED) is 0.519. The van der Waals surface area contributed by atoms with Crippen LogP contribution in [0.5, 0.6) is 0 Å². The highest BCUT2D eigenvalue weighted by Gasteiger charge is 1.86. The average molecular weight is 211 g/mol. The van der Waals surface area contributed by atoms with Gasteiger partial charge in [-0.3, -0.25) is 0 Å². The number of para-hydroxylation sites is 1. The van der Waals surface area contributed by atoms with E-state index >= 15 is 0 Å². The molecule has 3 nitrogen and oxygen atoms in total. The number of nitrogen functional groups attached to an aromatic ring is 2. The van der Waals surface area contributed by atoms with Gasteiger partial charge in [-0.1, -0.05) is 30.3 Å². The summed E-state index contributed by atoms with van der Waals surface area (Å²) in [6.45, 7) is 6.61. The molecule has 16 heavy (non-hydrogen) atoms. The highest BCUT2D eigenvalue weighted by Crippen LogP contribution is 2.14. The van der Waals surface area contributed by atoms with Crippen LogP contribution in [0.2, 0.25) is 0 Å². The van der Waals surface area contributed by atoms with Crippen molar-refractivity contribution in [1.82, 2.24) is 0 Å². The first-order chi connectivity index (χ1) is 7.72. The molecule has 2 aromatic carbocycles. The Labute approximate surface area is 95.1 Å². The fourth-order valence-electron chi connectivity index (χ4n) is 1.05. The third-order valence-electron chi connectivity index (χ3n) is 1.80. The van der Waals surface area contributed by atoms with Crippen LogP contribution in [-0.2, 0) is 0 Å². The van der Waals surface area contributed by atoms with Gasteiger partial charge in [0, 0.05) is 11.4 Å². The lowest BCUT2D eigenvalue weighted by molar-refractivity contribution is 1.69. The van der Waals surface area contributed by atoms with Crippen LogP contribution in [0.15, 0.2) is 54.6 Å². The largest absolute Gasteiger partial charge is 0.400 e. The molecule has 0 saturated heterocycles. The third kappa shape index (κ3) is 4.16. The maximum atomic E-state index is 6.61. The summed E-state index contributed by atoms with van der Waals surface area (Å²) in [7, 11) is 0. The molecule has 0 unspecified atom stereocenters. The van der Waals surface area contributed by atoms with E-state index in [9.17, 15) is 0 Å². The van der Waals surface area contributed by atoms with E-state index in [-0.39, 0.29) is 0 Å². The van der Waals surface area contributed by atoms with Crippen molar-refractivity contribution in [1.29, 1.82) is 0 Å². The summed E-state index contributed by atoms with van der Waals surface area (Å²) in [5.74, 6) is 0. The first-order valence-corrected chi connectivity index (χ1v) is 4.76. The van der Waals surface area contributed by atoms with E-state index in [1.807, 2.05) is 30.3 Å². The van der Waals surface area contributed by atoms with Gasteiger partial charge in [-0.2, -0.15) is 0 Å². The van der Waals surface area contributed by atoms with Crippen LogP contribution >= 0.6 is 0 Å². The molecule has 0 aromatic heterocycles. The molecule has 0 heterocycles. The number of nitrogens with zero attached hydrogens (tertiary/aromatic N) is 1. The molecule has 0 spiro atoms. The molecule has 0 aliphatic rings. The number of hydrogen-bond donors (Lipinski definition) is 2. The summed E-state index contributed by atoms with van der Waals surface area (Å²) < 4.78 is 0. The third-order valence-corrected chi connectivity index (χ3v) is 1.80. The zero-order valence-electron chi connectivity index (χ0n) is 8.80. The van der Waals surface area contributed by atoms with E-state index < -0.39 is 0 Å². The Morgan fingerprint density at radius 2 is 1.44 bits per heavy atom. The molecular weight excluding hydrogens is 198 g/mol. The van der Waals surface area contributed by atoms with E-state index in [1.54, 1.807) is 24.3 Å². The summed E-state index contributed by atoms with van der Waals surface area (Å²) in [4.78, 5) is 3.20. The molecular formula is C13H13N3. The summed E-state index contributed by atoms with van der Waals surface area (Å²) >= 11 is 0. The van der Waals surface area contributed by atoms with E-state index in [0.29, 0.717) is 11.4 Å².